The maximum atomic E-state index is 11.5. The second-order valence-electron chi connectivity index (χ2n) is 6.46. The molecule has 1 aliphatic carbocycles. The molecule has 3 rings (SSSR count). The third kappa shape index (κ3) is 3.67. The molecule has 0 radical (unpaired) electrons. The maximum Gasteiger partial charge on any atom is 0.245 e. The van der Waals surface area contributed by atoms with E-state index in [4.69, 9.17) is 4.74 Å². The Labute approximate surface area is 131 Å². The summed E-state index contributed by atoms with van der Waals surface area (Å²) >= 11 is 0. The maximum absolute atomic E-state index is 11.5. The Bertz CT molecular complexity index is 498. The first-order valence-electron chi connectivity index (χ1n) is 8.26. The van der Waals surface area contributed by atoms with Crippen molar-refractivity contribution in [2.24, 2.45) is 5.92 Å². The van der Waals surface area contributed by atoms with Gasteiger partial charge in [0.2, 0.25) is 5.91 Å². The zero-order valence-electron chi connectivity index (χ0n) is 13.3. The number of nitrogens with zero attached hydrogens (tertiary/aromatic N) is 3. The number of carbonyl (C=O) groups excluding carboxylic acids is 1. The van der Waals surface area contributed by atoms with Gasteiger partial charge in [-0.15, -0.1) is 0 Å². The molecule has 0 saturated heterocycles. The molecule has 0 spiro atoms. The van der Waals surface area contributed by atoms with Crippen LogP contribution in [0.1, 0.15) is 31.4 Å². The first kappa shape index (κ1) is 15.5. The average Bonchev–Trinajstić information content (AvgIpc) is 2.77. The molecule has 6 heteroatoms. The molecule has 1 aromatic heterocycles. The van der Waals surface area contributed by atoms with Crippen molar-refractivity contribution >= 4 is 5.91 Å². The minimum atomic E-state index is -0.0354. The summed E-state index contributed by atoms with van der Waals surface area (Å²) in [5, 5.41) is 7.39. The third-order valence-corrected chi connectivity index (χ3v) is 4.83. The van der Waals surface area contributed by atoms with Crippen LogP contribution in [-0.2, 0) is 22.6 Å². The number of amides is 1. The number of methoxy groups -OCH3 is 1. The number of hydrogen-bond donors (Lipinski definition) is 1. The van der Waals surface area contributed by atoms with Crippen molar-refractivity contribution < 1.29 is 9.53 Å². The fourth-order valence-corrected chi connectivity index (χ4v) is 3.38. The molecule has 0 bridgehead atoms. The molecule has 1 N–H and O–H groups in total. The summed E-state index contributed by atoms with van der Waals surface area (Å²) in [6.07, 6.45) is 6.89. The van der Waals surface area contributed by atoms with E-state index in [1.165, 1.54) is 25.0 Å². The van der Waals surface area contributed by atoms with Crippen LogP contribution in [0.2, 0.25) is 0 Å². The van der Waals surface area contributed by atoms with E-state index in [1.54, 1.807) is 7.11 Å². The van der Waals surface area contributed by atoms with Gasteiger partial charge in [0.25, 0.3) is 0 Å². The van der Waals surface area contributed by atoms with Gasteiger partial charge in [0.15, 0.2) is 0 Å². The molecule has 1 atom stereocenters. The molecule has 1 amide bonds. The van der Waals surface area contributed by atoms with Crippen LogP contribution >= 0.6 is 0 Å². The number of aromatic nitrogens is 2. The molecular formula is C16H26N4O2. The first-order valence-corrected chi connectivity index (χ1v) is 8.26. The number of carbonyl (C=O) groups is 1. The van der Waals surface area contributed by atoms with E-state index >= 15 is 0 Å². The molecule has 1 aromatic rings. The highest BCUT2D eigenvalue weighted by atomic mass is 16.5. The second kappa shape index (κ2) is 7.24. The van der Waals surface area contributed by atoms with E-state index in [0.29, 0.717) is 12.5 Å². The standard InChI is InChI=1S/C16H26N4O2/c1-22-12-16(21)17-7-5-13-9-19(14-3-2-4-14)11-15-6-8-18-20(15)10-13/h6,8,13-14H,2-5,7,9-12H2,1H3,(H,17,21)/t13-/m0/s1. The fourth-order valence-electron chi connectivity index (χ4n) is 3.38. The molecule has 6 nitrogen and oxygen atoms in total. The Morgan fingerprint density at radius 3 is 3.05 bits per heavy atom. The van der Waals surface area contributed by atoms with Gasteiger partial charge in [0, 0.05) is 45.5 Å². The Kier molecular flexibility index (Phi) is 5.10. The minimum Gasteiger partial charge on any atom is -0.375 e. The zero-order chi connectivity index (χ0) is 15.4. The van der Waals surface area contributed by atoms with E-state index in [9.17, 15) is 4.79 Å². The summed E-state index contributed by atoms with van der Waals surface area (Å²) in [6, 6.07) is 2.88. The normalized spacial score (nSPS) is 22.7. The summed E-state index contributed by atoms with van der Waals surface area (Å²) in [4.78, 5) is 14.1. The summed E-state index contributed by atoms with van der Waals surface area (Å²) in [5.74, 6) is 0.497. The summed E-state index contributed by atoms with van der Waals surface area (Å²) < 4.78 is 6.98. The molecular weight excluding hydrogens is 280 g/mol. The number of nitrogens with one attached hydrogen (secondary N) is 1. The van der Waals surface area contributed by atoms with Crippen LogP contribution in [0.4, 0.5) is 0 Å². The van der Waals surface area contributed by atoms with E-state index in [2.05, 4.69) is 26.1 Å². The van der Waals surface area contributed by atoms with E-state index < -0.39 is 0 Å². The monoisotopic (exact) mass is 306 g/mol. The Hall–Kier alpha value is -1.40. The second-order valence-corrected chi connectivity index (χ2v) is 6.46. The third-order valence-electron chi connectivity index (χ3n) is 4.83. The Morgan fingerprint density at radius 1 is 1.45 bits per heavy atom. The van der Waals surface area contributed by atoms with Crippen molar-refractivity contribution in [1.82, 2.24) is 20.0 Å². The van der Waals surface area contributed by atoms with Crippen molar-refractivity contribution in [2.75, 3.05) is 26.8 Å². The van der Waals surface area contributed by atoms with Crippen LogP contribution in [0, 0.1) is 5.92 Å². The lowest BCUT2D eigenvalue weighted by Gasteiger charge is -2.38. The van der Waals surface area contributed by atoms with Gasteiger partial charge >= 0.3 is 0 Å². The molecule has 0 unspecified atom stereocenters. The molecule has 22 heavy (non-hydrogen) atoms. The summed E-state index contributed by atoms with van der Waals surface area (Å²) in [5.41, 5.74) is 1.32. The predicted octanol–water partition coefficient (Wildman–Crippen LogP) is 1.02. The molecule has 1 saturated carbocycles. The molecule has 122 valence electrons. The highest BCUT2D eigenvalue weighted by Crippen LogP contribution is 2.29. The molecule has 1 fully saturated rings. The number of fused-ring (bicyclic) bond motifs is 1. The SMILES string of the molecule is COCC(=O)NCC[C@H]1CN(C2CCC2)Cc2ccnn2C1. The average molecular weight is 306 g/mol. The number of ether oxygens (including phenoxy) is 1. The largest absolute Gasteiger partial charge is 0.375 e. The highest BCUT2D eigenvalue weighted by molar-refractivity contribution is 5.77. The quantitative estimate of drug-likeness (QED) is 0.852. The van der Waals surface area contributed by atoms with Crippen LogP contribution in [0.5, 0.6) is 0 Å². The molecule has 0 aromatic carbocycles. The van der Waals surface area contributed by atoms with Crippen LogP contribution in [-0.4, -0.2) is 53.4 Å². The molecule has 1 aliphatic heterocycles. The number of rotatable bonds is 6. The predicted molar refractivity (Wildman–Crippen MR) is 83.3 cm³/mol. The van der Waals surface area contributed by atoms with Crippen molar-refractivity contribution in [2.45, 2.75) is 44.8 Å². The Morgan fingerprint density at radius 2 is 2.32 bits per heavy atom. The van der Waals surface area contributed by atoms with Gasteiger partial charge in [-0.2, -0.15) is 5.10 Å². The summed E-state index contributed by atoms with van der Waals surface area (Å²) in [6.45, 7) is 3.92. The van der Waals surface area contributed by atoms with E-state index in [1.807, 2.05) is 6.20 Å². The minimum absolute atomic E-state index is 0.0354. The van der Waals surface area contributed by atoms with Gasteiger partial charge in [-0.3, -0.25) is 14.4 Å². The van der Waals surface area contributed by atoms with Crippen LogP contribution in [0.15, 0.2) is 12.3 Å². The zero-order valence-corrected chi connectivity index (χ0v) is 13.3. The summed E-state index contributed by atoms with van der Waals surface area (Å²) in [7, 11) is 1.54. The van der Waals surface area contributed by atoms with Crippen LogP contribution in [0.25, 0.3) is 0 Å². The van der Waals surface area contributed by atoms with Gasteiger partial charge in [0.05, 0.1) is 5.69 Å². The molecule has 2 heterocycles. The smallest absolute Gasteiger partial charge is 0.245 e. The van der Waals surface area contributed by atoms with Gasteiger partial charge in [0.1, 0.15) is 6.61 Å². The van der Waals surface area contributed by atoms with Crippen LogP contribution < -0.4 is 5.32 Å². The van der Waals surface area contributed by atoms with Gasteiger partial charge < -0.3 is 10.1 Å². The highest BCUT2D eigenvalue weighted by Gasteiger charge is 2.30. The van der Waals surface area contributed by atoms with Crippen molar-refractivity contribution in [1.29, 1.82) is 0 Å². The van der Waals surface area contributed by atoms with Crippen molar-refractivity contribution in [3.05, 3.63) is 18.0 Å². The fraction of sp³-hybridized carbons (Fsp3) is 0.750. The first-order chi connectivity index (χ1) is 10.8. The van der Waals surface area contributed by atoms with Crippen molar-refractivity contribution in [3.63, 3.8) is 0 Å². The Balaban J connectivity index is 1.57. The lowest BCUT2D eigenvalue weighted by Crippen LogP contribution is -2.42. The lowest BCUT2D eigenvalue weighted by molar-refractivity contribution is -0.124. The van der Waals surface area contributed by atoms with E-state index in [-0.39, 0.29) is 12.5 Å². The topological polar surface area (TPSA) is 59.4 Å². The molecule has 2 aliphatic rings. The number of hydrogen-bond acceptors (Lipinski definition) is 4. The van der Waals surface area contributed by atoms with Gasteiger partial charge in [-0.05, 0) is 31.2 Å². The van der Waals surface area contributed by atoms with Gasteiger partial charge in [-0.25, -0.2) is 0 Å². The van der Waals surface area contributed by atoms with Crippen LogP contribution in [0.3, 0.4) is 0 Å². The van der Waals surface area contributed by atoms with Crippen molar-refractivity contribution in [3.8, 4) is 0 Å². The van der Waals surface area contributed by atoms with E-state index in [0.717, 1.165) is 32.1 Å². The lowest BCUT2D eigenvalue weighted by atomic mass is 9.90. The van der Waals surface area contributed by atoms with Gasteiger partial charge in [-0.1, -0.05) is 6.42 Å².